The van der Waals surface area contributed by atoms with Crippen LogP contribution in [-0.4, -0.2) is 53.9 Å². The van der Waals surface area contributed by atoms with Crippen LogP contribution < -0.4 is 11.2 Å². The van der Waals surface area contributed by atoms with Crippen molar-refractivity contribution in [3.8, 4) is 0 Å². The number of β-amino-alcohol motifs (C(OH)–C–C–N with tert-alkyl or cyclic N) is 1. The van der Waals surface area contributed by atoms with Gasteiger partial charge in [-0.3, -0.25) is 23.8 Å². The number of amides is 1. The summed E-state index contributed by atoms with van der Waals surface area (Å²) in [6, 6.07) is 2.33. The van der Waals surface area contributed by atoms with Gasteiger partial charge in [0.05, 0.1) is 12.6 Å². The molecule has 1 fully saturated rings. The van der Waals surface area contributed by atoms with E-state index in [1.807, 2.05) is 0 Å². The molecule has 2 aromatic heterocycles. The van der Waals surface area contributed by atoms with Crippen LogP contribution in [-0.2, 0) is 7.05 Å². The first-order chi connectivity index (χ1) is 11.3. The molecule has 3 rings (SSSR count). The second kappa shape index (κ2) is 5.75. The molecule has 9 nitrogen and oxygen atoms in total. The molecule has 2 N–H and O–H groups in total. The molecule has 0 bridgehead atoms. The predicted molar refractivity (Wildman–Crippen MR) is 84.7 cm³/mol. The minimum absolute atomic E-state index is 0.0766. The SMILES string of the molecule is Cn1nccc1C(=O)N1CC[C@@H](n2ccc(=O)[nH]c2=O)[C@](C)(O)C1. The highest BCUT2D eigenvalue weighted by Gasteiger charge is 2.41. The molecule has 2 atom stereocenters. The van der Waals surface area contributed by atoms with Gasteiger partial charge in [-0.2, -0.15) is 5.10 Å². The lowest BCUT2D eigenvalue weighted by Gasteiger charge is -2.43. The molecule has 128 valence electrons. The molecule has 1 aliphatic rings. The third-order valence-electron chi connectivity index (χ3n) is 4.42. The Labute approximate surface area is 137 Å². The molecule has 0 unspecified atom stereocenters. The average Bonchev–Trinajstić information content (AvgIpc) is 2.92. The summed E-state index contributed by atoms with van der Waals surface area (Å²) in [5, 5.41) is 14.8. The van der Waals surface area contributed by atoms with Gasteiger partial charge in [0.15, 0.2) is 0 Å². The zero-order chi connectivity index (χ0) is 17.5. The van der Waals surface area contributed by atoms with E-state index in [4.69, 9.17) is 0 Å². The molecule has 9 heteroatoms. The number of aliphatic hydroxyl groups is 1. The summed E-state index contributed by atoms with van der Waals surface area (Å²) in [6.07, 6.45) is 3.31. The first-order valence-corrected chi connectivity index (χ1v) is 7.61. The van der Waals surface area contributed by atoms with E-state index in [2.05, 4.69) is 10.1 Å². The van der Waals surface area contributed by atoms with Crippen molar-refractivity contribution < 1.29 is 9.90 Å². The smallest absolute Gasteiger partial charge is 0.328 e. The van der Waals surface area contributed by atoms with Crippen LogP contribution in [0.15, 0.2) is 34.1 Å². The number of aryl methyl sites for hydroxylation is 1. The van der Waals surface area contributed by atoms with Crippen LogP contribution in [0.5, 0.6) is 0 Å². The molecule has 0 saturated carbocycles. The highest BCUT2D eigenvalue weighted by molar-refractivity contribution is 5.92. The van der Waals surface area contributed by atoms with Gasteiger partial charge in [0, 0.05) is 32.1 Å². The number of likely N-dealkylation sites (tertiary alicyclic amines) is 1. The number of carbonyl (C=O) groups is 1. The number of hydrogen-bond donors (Lipinski definition) is 2. The summed E-state index contributed by atoms with van der Waals surface area (Å²) in [5.41, 5.74) is -1.93. The van der Waals surface area contributed by atoms with Gasteiger partial charge in [0.2, 0.25) is 0 Å². The van der Waals surface area contributed by atoms with Gasteiger partial charge in [-0.1, -0.05) is 0 Å². The quantitative estimate of drug-likeness (QED) is 0.740. The summed E-state index contributed by atoms with van der Waals surface area (Å²) in [4.78, 5) is 39.5. The molecule has 1 aliphatic heterocycles. The lowest BCUT2D eigenvalue weighted by molar-refractivity contribution is -0.0506. The number of hydrogen-bond acceptors (Lipinski definition) is 5. The summed E-state index contributed by atoms with van der Waals surface area (Å²) in [5.74, 6) is -0.220. The van der Waals surface area contributed by atoms with Crippen LogP contribution in [0, 0.1) is 0 Å². The number of rotatable bonds is 2. The summed E-state index contributed by atoms with van der Waals surface area (Å²) < 4.78 is 2.79. The van der Waals surface area contributed by atoms with Crippen molar-refractivity contribution in [1.29, 1.82) is 0 Å². The van der Waals surface area contributed by atoms with Gasteiger partial charge >= 0.3 is 5.69 Å². The average molecular weight is 333 g/mol. The third-order valence-corrected chi connectivity index (χ3v) is 4.42. The van der Waals surface area contributed by atoms with Gasteiger partial charge in [0.25, 0.3) is 11.5 Å². The topological polar surface area (TPSA) is 113 Å². The van der Waals surface area contributed by atoms with E-state index in [0.717, 1.165) is 0 Å². The highest BCUT2D eigenvalue weighted by Crippen LogP contribution is 2.31. The molecule has 24 heavy (non-hydrogen) atoms. The van der Waals surface area contributed by atoms with E-state index >= 15 is 0 Å². The number of aromatic nitrogens is 4. The van der Waals surface area contributed by atoms with Gasteiger partial charge in [0.1, 0.15) is 11.3 Å². The van der Waals surface area contributed by atoms with Gasteiger partial charge in [-0.25, -0.2) is 4.79 Å². The van der Waals surface area contributed by atoms with E-state index in [1.54, 1.807) is 24.9 Å². The van der Waals surface area contributed by atoms with Crippen molar-refractivity contribution in [2.24, 2.45) is 7.05 Å². The predicted octanol–water partition coefficient (Wildman–Crippen LogP) is -0.892. The van der Waals surface area contributed by atoms with E-state index < -0.39 is 22.9 Å². The van der Waals surface area contributed by atoms with Crippen LogP contribution in [0.25, 0.3) is 0 Å². The number of carbonyl (C=O) groups excluding carboxylic acids is 1. The van der Waals surface area contributed by atoms with Gasteiger partial charge < -0.3 is 10.0 Å². The first-order valence-electron chi connectivity index (χ1n) is 7.61. The van der Waals surface area contributed by atoms with Crippen LogP contribution >= 0.6 is 0 Å². The van der Waals surface area contributed by atoms with E-state index in [9.17, 15) is 19.5 Å². The number of aromatic amines is 1. The van der Waals surface area contributed by atoms with Crippen LogP contribution in [0.1, 0.15) is 29.9 Å². The van der Waals surface area contributed by atoms with Crippen molar-refractivity contribution in [3.63, 3.8) is 0 Å². The Morgan fingerprint density at radius 2 is 2.17 bits per heavy atom. The molecular weight excluding hydrogens is 314 g/mol. The maximum Gasteiger partial charge on any atom is 0.328 e. The van der Waals surface area contributed by atoms with E-state index in [-0.39, 0.29) is 12.5 Å². The molecule has 0 radical (unpaired) electrons. The Morgan fingerprint density at radius 1 is 1.42 bits per heavy atom. The fourth-order valence-corrected chi connectivity index (χ4v) is 3.19. The molecule has 0 aliphatic carbocycles. The molecule has 3 heterocycles. The Kier molecular flexibility index (Phi) is 3.88. The van der Waals surface area contributed by atoms with E-state index in [0.29, 0.717) is 18.7 Å². The molecule has 2 aromatic rings. The Hall–Kier alpha value is -2.68. The van der Waals surface area contributed by atoms with Crippen molar-refractivity contribution in [2.75, 3.05) is 13.1 Å². The Morgan fingerprint density at radius 3 is 2.75 bits per heavy atom. The maximum absolute atomic E-state index is 12.6. The molecule has 1 saturated heterocycles. The second-order valence-electron chi connectivity index (χ2n) is 6.25. The Bertz CT molecular complexity index is 878. The van der Waals surface area contributed by atoms with Crippen LogP contribution in [0.4, 0.5) is 0 Å². The van der Waals surface area contributed by atoms with Crippen molar-refractivity contribution in [1.82, 2.24) is 24.2 Å². The summed E-state index contributed by atoms with van der Waals surface area (Å²) in [7, 11) is 1.68. The molecule has 1 amide bonds. The van der Waals surface area contributed by atoms with Gasteiger partial charge in [-0.05, 0) is 19.4 Å². The van der Waals surface area contributed by atoms with Crippen molar-refractivity contribution >= 4 is 5.91 Å². The van der Waals surface area contributed by atoms with E-state index in [1.165, 1.54) is 27.7 Å². The highest BCUT2D eigenvalue weighted by atomic mass is 16.3. The molecular formula is C15H19N5O4. The standard InChI is InChI=1S/C15H19N5O4/c1-15(24)9-19(13(22)10-3-6-16-18(10)2)7-4-11(15)20-8-5-12(21)17-14(20)23/h3,5-6,8,11,24H,4,7,9H2,1-2H3,(H,17,21,23)/t11-,15-/m1/s1. The minimum atomic E-state index is -1.31. The molecule has 0 spiro atoms. The summed E-state index contributed by atoms with van der Waals surface area (Å²) in [6.45, 7) is 2.04. The zero-order valence-corrected chi connectivity index (χ0v) is 13.5. The maximum atomic E-state index is 12.6. The lowest BCUT2D eigenvalue weighted by atomic mass is 9.88. The normalized spacial score (nSPS) is 24.1. The first kappa shape index (κ1) is 16.2. The number of piperidine rings is 1. The summed E-state index contributed by atoms with van der Waals surface area (Å²) >= 11 is 0. The number of H-pyrrole nitrogens is 1. The zero-order valence-electron chi connectivity index (χ0n) is 13.5. The monoisotopic (exact) mass is 333 g/mol. The van der Waals surface area contributed by atoms with Crippen LogP contribution in [0.2, 0.25) is 0 Å². The second-order valence-corrected chi connectivity index (χ2v) is 6.25. The van der Waals surface area contributed by atoms with Crippen molar-refractivity contribution in [3.05, 3.63) is 51.1 Å². The molecule has 0 aromatic carbocycles. The van der Waals surface area contributed by atoms with Crippen LogP contribution in [0.3, 0.4) is 0 Å². The Balaban J connectivity index is 1.85. The largest absolute Gasteiger partial charge is 0.386 e. The fraction of sp³-hybridized carbons (Fsp3) is 0.467. The third kappa shape index (κ3) is 2.78. The number of nitrogens with one attached hydrogen (secondary N) is 1. The van der Waals surface area contributed by atoms with Gasteiger partial charge in [-0.15, -0.1) is 0 Å². The fourth-order valence-electron chi connectivity index (χ4n) is 3.19. The van der Waals surface area contributed by atoms with Crippen molar-refractivity contribution in [2.45, 2.75) is 25.0 Å². The minimum Gasteiger partial charge on any atom is -0.386 e. The number of nitrogens with zero attached hydrogens (tertiary/aromatic N) is 4. The lowest BCUT2D eigenvalue weighted by Crippen LogP contribution is -2.56.